The number of ether oxygens (including phenoxy) is 3. The van der Waals surface area contributed by atoms with E-state index < -0.39 is 0 Å². The van der Waals surface area contributed by atoms with Crippen molar-refractivity contribution < 1.29 is 23.8 Å². The Labute approximate surface area is 167 Å². The van der Waals surface area contributed by atoms with E-state index in [1.807, 2.05) is 0 Å². The van der Waals surface area contributed by atoms with E-state index in [4.69, 9.17) is 25.7 Å². The molecule has 0 atom stereocenters. The van der Waals surface area contributed by atoms with E-state index >= 15 is 0 Å². The summed E-state index contributed by atoms with van der Waals surface area (Å²) in [5.41, 5.74) is 12.4. The summed E-state index contributed by atoms with van der Waals surface area (Å²) in [6, 6.07) is 0. The molecule has 0 unspecified atom stereocenters. The highest BCUT2D eigenvalue weighted by Crippen LogP contribution is 2.00. The van der Waals surface area contributed by atoms with Gasteiger partial charge in [-0.1, -0.05) is 6.58 Å². The van der Waals surface area contributed by atoms with Gasteiger partial charge < -0.3 is 36.3 Å². The Hall–Kier alpha value is -2.36. The van der Waals surface area contributed by atoms with Crippen molar-refractivity contribution in [1.82, 2.24) is 10.6 Å². The van der Waals surface area contributed by atoms with Crippen molar-refractivity contribution >= 4 is 12.3 Å². The zero-order valence-corrected chi connectivity index (χ0v) is 16.7. The van der Waals surface area contributed by atoms with Crippen LogP contribution in [0.4, 0.5) is 0 Å². The number of carbonyl (C=O) groups excluding carboxylic acids is 2. The van der Waals surface area contributed by atoms with Gasteiger partial charge in [0.25, 0.3) is 0 Å². The Balaban J connectivity index is 3.52. The maximum absolute atomic E-state index is 11.9. The molecule has 28 heavy (non-hydrogen) atoms. The van der Waals surface area contributed by atoms with Crippen molar-refractivity contribution in [1.29, 1.82) is 0 Å². The summed E-state index contributed by atoms with van der Waals surface area (Å²) in [4.78, 5) is 22.0. The zero-order chi connectivity index (χ0) is 21.0. The van der Waals surface area contributed by atoms with Gasteiger partial charge in [-0.05, 0) is 31.9 Å². The van der Waals surface area contributed by atoms with Crippen molar-refractivity contribution in [3.8, 4) is 0 Å². The lowest BCUT2D eigenvalue weighted by Crippen LogP contribution is -2.27. The SMILES string of the molecule is C=C(N)/C=C\C(N)=C(/C)C(=O)NCCCOCCOCCOCCCNC=O. The van der Waals surface area contributed by atoms with Crippen LogP contribution in [0, 0.1) is 0 Å². The lowest BCUT2D eigenvalue weighted by molar-refractivity contribution is -0.117. The van der Waals surface area contributed by atoms with Gasteiger partial charge in [0.2, 0.25) is 12.3 Å². The van der Waals surface area contributed by atoms with Crippen LogP contribution in [0.2, 0.25) is 0 Å². The van der Waals surface area contributed by atoms with Crippen LogP contribution in [-0.4, -0.2) is 65.0 Å². The largest absolute Gasteiger partial charge is 0.399 e. The van der Waals surface area contributed by atoms with Crippen LogP contribution in [0.25, 0.3) is 0 Å². The number of allylic oxidation sites excluding steroid dienone is 2. The maximum atomic E-state index is 11.9. The Morgan fingerprint density at radius 1 is 0.929 bits per heavy atom. The monoisotopic (exact) mass is 398 g/mol. The third kappa shape index (κ3) is 15.9. The molecule has 0 aromatic rings. The topological polar surface area (TPSA) is 138 Å². The van der Waals surface area contributed by atoms with E-state index in [1.165, 1.54) is 0 Å². The van der Waals surface area contributed by atoms with Crippen LogP contribution >= 0.6 is 0 Å². The van der Waals surface area contributed by atoms with Crippen molar-refractivity contribution in [3.63, 3.8) is 0 Å². The van der Waals surface area contributed by atoms with Crippen LogP contribution in [0.1, 0.15) is 19.8 Å². The molecule has 0 saturated carbocycles. The summed E-state index contributed by atoms with van der Waals surface area (Å²) in [6.45, 7) is 9.37. The molecule has 0 aromatic carbocycles. The first-order valence-electron chi connectivity index (χ1n) is 9.26. The molecule has 0 aliphatic rings. The average Bonchev–Trinajstić information content (AvgIpc) is 2.68. The zero-order valence-electron chi connectivity index (χ0n) is 16.7. The number of nitrogens with one attached hydrogen (secondary N) is 2. The molecule has 160 valence electrons. The first-order chi connectivity index (χ1) is 13.5. The number of hydrogen-bond acceptors (Lipinski definition) is 7. The molecule has 0 spiro atoms. The van der Waals surface area contributed by atoms with Crippen LogP contribution in [0.15, 0.2) is 35.7 Å². The number of amides is 2. The second-order valence-corrected chi connectivity index (χ2v) is 5.86. The van der Waals surface area contributed by atoms with Crippen LogP contribution < -0.4 is 22.1 Å². The normalized spacial score (nSPS) is 11.9. The van der Waals surface area contributed by atoms with E-state index in [0.29, 0.717) is 82.5 Å². The molecule has 9 nitrogen and oxygen atoms in total. The van der Waals surface area contributed by atoms with Gasteiger partial charge in [0.05, 0.1) is 26.4 Å². The first-order valence-corrected chi connectivity index (χ1v) is 9.26. The van der Waals surface area contributed by atoms with Crippen LogP contribution in [0.5, 0.6) is 0 Å². The number of hydrogen-bond donors (Lipinski definition) is 4. The van der Waals surface area contributed by atoms with Gasteiger partial charge in [-0.15, -0.1) is 0 Å². The number of nitrogens with two attached hydrogens (primary N) is 2. The highest BCUT2D eigenvalue weighted by atomic mass is 16.5. The van der Waals surface area contributed by atoms with E-state index in [1.54, 1.807) is 19.1 Å². The highest BCUT2D eigenvalue weighted by molar-refractivity contribution is 5.93. The molecular weight excluding hydrogens is 364 g/mol. The van der Waals surface area contributed by atoms with Gasteiger partial charge in [0.1, 0.15) is 0 Å². The molecule has 0 radical (unpaired) electrons. The molecule has 0 aliphatic carbocycles. The average molecular weight is 399 g/mol. The molecule has 0 saturated heterocycles. The fourth-order valence-corrected chi connectivity index (χ4v) is 1.84. The van der Waals surface area contributed by atoms with E-state index in [9.17, 15) is 9.59 Å². The Bertz CT molecular complexity index is 520. The molecule has 0 fully saturated rings. The number of rotatable bonds is 18. The molecule has 0 bridgehead atoms. The van der Waals surface area contributed by atoms with Crippen molar-refractivity contribution in [2.45, 2.75) is 19.8 Å². The summed E-state index contributed by atoms with van der Waals surface area (Å²) in [6.07, 6.45) is 5.23. The molecular formula is C19H34N4O5. The third-order valence-electron chi connectivity index (χ3n) is 3.44. The van der Waals surface area contributed by atoms with Gasteiger partial charge in [0, 0.05) is 43.3 Å². The summed E-state index contributed by atoms with van der Waals surface area (Å²) in [5.74, 6) is -0.227. The minimum atomic E-state index is -0.227. The van der Waals surface area contributed by atoms with Gasteiger partial charge in [0.15, 0.2) is 0 Å². The Morgan fingerprint density at radius 3 is 2.00 bits per heavy atom. The van der Waals surface area contributed by atoms with Crippen LogP contribution in [-0.2, 0) is 23.8 Å². The lowest BCUT2D eigenvalue weighted by atomic mass is 10.2. The minimum absolute atomic E-state index is 0.227. The maximum Gasteiger partial charge on any atom is 0.248 e. The molecule has 6 N–H and O–H groups in total. The third-order valence-corrected chi connectivity index (χ3v) is 3.44. The van der Waals surface area contributed by atoms with Gasteiger partial charge in [-0.3, -0.25) is 9.59 Å². The van der Waals surface area contributed by atoms with Crippen molar-refractivity contribution in [3.05, 3.63) is 35.7 Å². The summed E-state index contributed by atoms with van der Waals surface area (Å²) in [7, 11) is 0. The minimum Gasteiger partial charge on any atom is -0.399 e. The van der Waals surface area contributed by atoms with Gasteiger partial charge in [-0.25, -0.2) is 0 Å². The van der Waals surface area contributed by atoms with Gasteiger partial charge in [-0.2, -0.15) is 0 Å². The van der Waals surface area contributed by atoms with E-state index in [0.717, 1.165) is 6.42 Å². The summed E-state index contributed by atoms with van der Waals surface area (Å²) in [5, 5.41) is 5.34. The fraction of sp³-hybridized carbons (Fsp3) is 0.579. The van der Waals surface area contributed by atoms with Gasteiger partial charge >= 0.3 is 0 Å². The Morgan fingerprint density at radius 2 is 1.46 bits per heavy atom. The standard InChI is InChI=1S/C19H34N4O5/c1-16(20)5-6-18(21)17(2)19(25)23-8-4-10-27-12-14-28-13-11-26-9-3-7-22-15-24/h5-6,15H,1,3-4,7-14,20-21H2,2H3,(H,22,24)(H,23,25)/b6-5-,18-17-. The lowest BCUT2D eigenvalue weighted by Gasteiger charge is -2.08. The predicted molar refractivity (Wildman–Crippen MR) is 108 cm³/mol. The van der Waals surface area contributed by atoms with Crippen molar-refractivity contribution in [2.24, 2.45) is 11.5 Å². The molecule has 0 rings (SSSR count). The van der Waals surface area contributed by atoms with Crippen molar-refractivity contribution in [2.75, 3.05) is 52.7 Å². The first kappa shape index (κ1) is 25.6. The Kier molecular flexibility index (Phi) is 16.5. The summed E-state index contributed by atoms with van der Waals surface area (Å²) < 4.78 is 16.1. The fourth-order valence-electron chi connectivity index (χ4n) is 1.84. The smallest absolute Gasteiger partial charge is 0.248 e. The molecule has 9 heteroatoms. The van der Waals surface area contributed by atoms with Crippen LogP contribution in [0.3, 0.4) is 0 Å². The molecule has 0 heterocycles. The summed E-state index contributed by atoms with van der Waals surface area (Å²) >= 11 is 0. The van der Waals surface area contributed by atoms with E-state index in [-0.39, 0.29) is 5.91 Å². The molecule has 0 aliphatic heterocycles. The quantitative estimate of drug-likeness (QED) is 0.110. The highest BCUT2D eigenvalue weighted by Gasteiger charge is 2.06. The molecule has 2 amide bonds. The second kappa shape index (κ2) is 18.0. The number of carbonyl (C=O) groups is 2. The van der Waals surface area contributed by atoms with E-state index in [2.05, 4.69) is 17.2 Å². The predicted octanol–water partition coefficient (Wildman–Crippen LogP) is -0.0601. The molecule has 0 aromatic heterocycles. The second-order valence-electron chi connectivity index (χ2n) is 5.86.